The van der Waals surface area contributed by atoms with Gasteiger partial charge in [-0.05, 0) is 89.7 Å². The number of primary amides is 1. The van der Waals surface area contributed by atoms with Gasteiger partial charge in [0.25, 0.3) is 0 Å². The van der Waals surface area contributed by atoms with E-state index in [1.165, 1.54) is 72.4 Å². The first kappa shape index (κ1) is 29.9. The summed E-state index contributed by atoms with van der Waals surface area (Å²) in [4.78, 5) is 30.5. The fourth-order valence-corrected chi connectivity index (χ4v) is 6.09. The number of anilines is 1. The Morgan fingerprint density at radius 2 is 1.68 bits per heavy atom. The van der Waals surface area contributed by atoms with Gasteiger partial charge in [0.15, 0.2) is 0 Å². The minimum Gasteiger partial charge on any atom is -0.447 e. The molecule has 9 heteroatoms. The van der Waals surface area contributed by atoms with Crippen molar-refractivity contribution in [3.05, 3.63) is 35.0 Å². The van der Waals surface area contributed by atoms with Crippen LogP contribution in [-0.4, -0.2) is 47.4 Å². The zero-order chi connectivity index (χ0) is 27.5. The number of hydrogen-bond acceptors (Lipinski definition) is 7. The molecule has 0 unspecified atom stereocenters. The number of nitrogens with two attached hydrogens (primary N) is 1. The van der Waals surface area contributed by atoms with Crippen molar-refractivity contribution in [1.82, 2.24) is 9.88 Å². The van der Waals surface area contributed by atoms with E-state index in [0.717, 1.165) is 25.3 Å². The summed E-state index contributed by atoms with van der Waals surface area (Å²) in [5, 5.41) is 4.19. The van der Waals surface area contributed by atoms with E-state index in [1.807, 2.05) is 31.3 Å². The molecule has 3 N–H and O–H groups in total. The lowest BCUT2D eigenvalue weighted by molar-refractivity contribution is 0.125. The van der Waals surface area contributed by atoms with Gasteiger partial charge in [-0.25, -0.2) is 14.6 Å². The molecule has 1 aliphatic carbocycles. The second kappa shape index (κ2) is 15.1. The number of nitrogens with zero attached hydrogens (tertiary/aromatic N) is 2. The summed E-state index contributed by atoms with van der Waals surface area (Å²) >= 11 is 1.86. The molecule has 8 nitrogen and oxygen atoms in total. The van der Waals surface area contributed by atoms with Crippen LogP contribution in [0.5, 0.6) is 0 Å². The highest BCUT2D eigenvalue weighted by atomic mass is 32.1. The second-order valence-corrected chi connectivity index (χ2v) is 11.7. The normalized spacial score (nSPS) is 16.6. The fraction of sp³-hybridized carbons (Fsp3) is 0.621. The Kier molecular flexibility index (Phi) is 11.9. The van der Waals surface area contributed by atoms with Gasteiger partial charge in [-0.1, -0.05) is 31.7 Å². The predicted octanol–water partition coefficient (Wildman–Crippen LogP) is 7.29. The van der Waals surface area contributed by atoms with E-state index in [0.29, 0.717) is 5.92 Å². The lowest BCUT2D eigenvalue weighted by Gasteiger charge is -2.27. The smallest absolute Gasteiger partial charge is 0.411 e. The molecule has 0 bridgehead atoms. The number of carbonyl (C=O) groups excluding carboxylic acids is 2. The molecule has 1 saturated heterocycles. The first-order valence-electron chi connectivity index (χ1n) is 14.0. The van der Waals surface area contributed by atoms with Crippen LogP contribution in [0.1, 0.15) is 95.6 Å². The number of amides is 2. The van der Waals surface area contributed by atoms with Crippen LogP contribution in [0.2, 0.25) is 0 Å². The van der Waals surface area contributed by atoms with Crippen molar-refractivity contribution in [3.8, 4) is 10.4 Å². The fourth-order valence-electron chi connectivity index (χ4n) is 4.95. The van der Waals surface area contributed by atoms with E-state index in [-0.39, 0.29) is 12.2 Å². The Balaban J connectivity index is 0.000000505. The number of nitrogens with one attached hydrogen (secondary N) is 1. The number of ether oxygens (including phenoxy) is 2. The van der Waals surface area contributed by atoms with Crippen molar-refractivity contribution in [1.29, 1.82) is 0 Å². The van der Waals surface area contributed by atoms with E-state index in [1.54, 1.807) is 13.8 Å². The van der Waals surface area contributed by atoms with Crippen LogP contribution in [-0.2, 0) is 16.0 Å². The average Bonchev–Trinajstić information content (AvgIpc) is 3.34. The summed E-state index contributed by atoms with van der Waals surface area (Å²) in [6, 6.07) is 6.24. The largest absolute Gasteiger partial charge is 0.447 e. The van der Waals surface area contributed by atoms with Crippen LogP contribution in [0, 0.1) is 0 Å². The quantitative estimate of drug-likeness (QED) is 0.379. The van der Waals surface area contributed by atoms with Gasteiger partial charge in [-0.3, -0.25) is 10.2 Å². The predicted molar refractivity (Wildman–Crippen MR) is 154 cm³/mol. The minimum absolute atomic E-state index is 0.0995. The number of aromatic nitrogens is 1. The molecule has 4 rings (SSSR count). The Morgan fingerprint density at radius 3 is 2.29 bits per heavy atom. The monoisotopic (exact) mass is 544 g/mol. The molecule has 210 valence electrons. The van der Waals surface area contributed by atoms with Gasteiger partial charge in [0, 0.05) is 24.3 Å². The lowest BCUT2D eigenvalue weighted by Crippen LogP contribution is -2.29. The zero-order valence-corrected chi connectivity index (χ0v) is 24.1. The first-order chi connectivity index (χ1) is 18.2. The summed E-state index contributed by atoms with van der Waals surface area (Å²) in [7, 11) is 0. The van der Waals surface area contributed by atoms with Crippen molar-refractivity contribution in [2.75, 3.05) is 18.4 Å². The zero-order valence-electron chi connectivity index (χ0n) is 23.3. The highest BCUT2D eigenvalue weighted by molar-refractivity contribution is 7.15. The van der Waals surface area contributed by atoms with Crippen LogP contribution < -0.4 is 11.1 Å². The number of rotatable bonds is 7. The minimum atomic E-state index is -0.713. The maximum absolute atomic E-state index is 12.1. The van der Waals surface area contributed by atoms with Crippen LogP contribution >= 0.6 is 11.3 Å². The summed E-state index contributed by atoms with van der Waals surface area (Å²) in [5.74, 6) is 0.629. The molecule has 1 aromatic heterocycles. The molecule has 2 heterocycles. The third kappa shape index (κ3) is 9.91. The Bertz CT molecular complexity index is 1030. The van der Waals surface area contributed by atoms with Crippen molar-refractivity contribution in [2.45, 2.75) is 104 Å². The SMILES string of the molecule is CC(C)OC(=O)Nc1ccc(-c2cnc(C3CCCCC3)s2)c(CN2CCCCC2)c1.CC(C)OC(N)=O. The number of thiazole rings is 1. The topological polar surface area (TPSA) is 107 Å². The molecule has 38 heavy (non-hydrogen) atoms. The Morgan fingerprint density at radius 1 is 1.03 bits per heavy atom. The van der Waals surface area contributed by atoms with Crippen molar-refractivity contribution in [3.63, 3.8) is 0 Å². The van der Waals surface area contributed by atoms with Crippen molar-refractivity contribution >= 4 is 29.2 Å². The molecule has 1 aromatic carbocycles. The maximum atomic E-state index is 12.1. The molecule has 2 aromatic rings. The molecule has 2 aliphatic rings. The number of carbonyl (C=O) groups is 2. The molecular weight excluding hydrogens is 500 g/mol. The molecule has 1 aliphatic heterocycles. The highest BCUT2D eigenvalue weighted by Gasteiger charge is 2.21. The molecule has 2 fully saturated rings. The summed E-state index contributed by atoms with van der Waals surface area (Å²) in [6.45, 7) is 10.4. The van der Waals surface area contributed by atoms with Crippen LogP contribution in [0.4, 0.5) is 15.3 Å². The standard InChI is InChI=1S/C25H35N3O2S.C4H9NO2/c1-18(2)30-25(29)27-21-11-12-22(20(15-21)17-28-13-7-4-8-14-28)23-16-26-24(31-23)19-9-5-3-6-10-19;1-3(2)7-4(5)6/h11-12,15-16,18-19H,3-10,13-14,17H2,1-2H3,(H,27,29);3H,1-2H3,(H2,5,6). The van der Waals surface area contributed by atoms with Crippen LogP contribution in [0.25, 0.3) is 10.4 Å². The van der Waals surface area contributed by atoms with Gasteiger partial charge >= 0.3 is 12.2 Å². The maximum Gasteiger partial charge on any atom is 0.411 e. The summed E-state index contributed by atoms with van der Waals surface area (Å²) in [6.07, 6.45) is 11.1. The van der Waals surface area contributed by atoms with Gasteiger partial charge in [0.1, 0.15) is 0 Å². The molecular formula is C29H44N4O4S. The van der Waals surface area contributed by atoms with E-state index >= 15 is 0 Å². The molecule has 1 saturated carbocycles. The number of benzene rings is 1. The third-order valence-corrected chi connectivity index (χ3v) is 7.83. The summed E-state index contributed by atoms with van der Waals surface area (Å²) in [5.41, 5.74) is 7.92. The van der Waals surface area contributed by atoms with E-state index in [4.69, 9.17) is 9.72 Å². The molecule has 2 amide bonds. The highest BCUT2D eigenvalue weighted by Crippen LogP contribution is 2.39. The molecule has 0 atom stereocenters. The lowest BCUT2D eigenvalue weighted by atomic mass is 9.90. The van der Waals surface area contributed by atoms with E-state index in [2.05, 4.69) is 39.0 Å². The van der Waals surface area contributed by atoms with Gasteiger partial charge in [-0.2, -0.15) is 0 Å². The number of piperidine rings is 1. The van der Waals surface area contributed by atoms with Gasteiger partial charge < -0.3 is 15.2 Å². The van der Waals surface area contributed by atoms with Gasteiger partial charge in [0.05, 0.1) is 22.1 Å². The molecule has 0 spiro atoms. The third-order valence-electron chi connectivity index (χ3n) is 6.63. The Hall–Kier alpha value is -2.65. The first-order valence-corrected chi connectivity index (χ1v) is 14.8. The number of hydrogen-bond donors (Lipinski definition) is 2. The van der Waals surface area contributed by atoms with Crippen LogP contribution in [0.3, 0.4) is 0 Å². The van der Waals surface area contributed by atoms with Crippen molar-refractivity contribution < 1.29 is 19.1 Å². The van der Waals surface area contributed by atoms with E-state index in [9.17, 15) is 9.59 Å². The van der Waals surface area contributed by atoms with Gasteiger partial charge in [0.2, 0.25) is 0 Å². The van der Waals surface area contributed by atoms with E-state index < -0.39 is 12.2 Å². The summed E-state index contributed by atoms with van der Waals surface area (Å²) < 4.78 is 9.65. The van der Waals surface area contributed by atoms with Crippen molar-refractivity contribution in [2.24, 2.45) is 5.73 Å². The number of likely N-dealkylation sites (tertiary alicyclic amines) is 1. The average molecular weight is 545 g/mol. The molecule has 0 radical (unpaired) electrons. The Labute approximate surface area is 231 Å². The van der Waals surface area contributed by atoms with Gasteiger partial charge in [-0.15, -0.1) is 11.3 Å². The second-order valence-electron chi connectivity index (χ2n) is 10.7. The van der Waals surface area contributed by atoms with Crippen LogP contribution in [0.15, 0.2) is 24.4 Å².